The molecular formula is C19H16Cl2. The molecule has 0 fully saturated rings. The largest absolute Gasteiger partial charge is 0.0837 e. The number of halogens is 2. The summed E-state index contributed by atoms with van der Waals surface area (Å²) in [5.74, 6) is 0. The summed E-state index contributed by atoms with van der Waals surface area (Å²) in [5, 5.41) is 1.61. The first-order chi connectivity index (χ1) is 10.1. The first-order valence-corrected chi connectivity index (χ1v) is 7.75. The van der Waals surface area contributed by atoms with Crippen molar-refractivity contribution in [2.45, 2.75) is 20.3 Å². The van der Waals surface area contributed by atoms with Gasteiger partial charge >= 0.3 is 0 Å². The van der Waals surface area contributed by atoms with Crippen molar-refractivity contribution >= 4 is 34.3 Å². The van der Waals surface area contributed by atoms with E-state index < -0.39 is 0 Å². The summed E-state index contributed by atoms with van der Waals surface area (Å²) in [6, 6.07) is 16.1. The molecule has 0 saturated heterocycles. The van der Waals surface area contributed by atoms with Crippen LogP contribution in [0.2, 0.25) is 10.0 Å². The molecule has 106 valence electrons. The molecule has 0 radical (unpaired) electrons. The van der Waals surface area contributed by atoms with E-state index in [1.807, 2.05) is 36.4 Å². The van der Waals surface area contributed by atoms with Gasteiger partial charge in [-0.05, 0) is 65.8 Å². The van der Waals surface area contributed by atoms with Gasteiger partial charge in [-0.3, -0.25) is 0 Å². The lowest BCUT2D eigenvalue weighted by atomic mass is 9.98. The molecule has 2 aromatic carbocycles. The van der Waals surface area contributed by atoms with Crippen LogP contribution in [-0.2, 0) is 0 Å². The van der Waals surface area contributed by atoms with Gasteiger partial charge in [0.05, 0.1) is 0 Å². The van der Waals surface area contributed by atoms with Crippen LogP contribution in [0.3, 0.4) is 0 Å². The van der Waals surface area contributed by atoms with Gasteiger partial charge in [-0.25, -0.2) is 0 Å². The van der Waals surface area contributed by atoms with Crippen LogP contribution < -0.4 is 0 Å². The highest BCUT2D eigenvalue weighted by atomic mass is 35.5. The molecule has 2 heteroatoms. The number of hydrogen-bond acceptors (Lipinski definition) is 0. The maximum Gasteiger partial charge on any atom is 0.0481 e. The van der Waals surface area contributed by atoms with Crippen molar-refractivity contribution in [3.63, 3.8) is 0 Å². The minimum Gasteiger partial charge on any atom is -0.0837 e. The van der Waals surface area contributed by atoms with Crippen LogP contribution in [0.25, 0.3) is 11.1 Å². The fraction of sp³-hybridized carbons (Fsp3) is 0.158. The highest BCUT2D eigenvalue weighted by Crippen LogP contribution is 2.45. The van der Waals surface area contributed by atoms with Crippen molar-refractivity contribution in [2.24, 2.45) is 0 Å². The molecule has 0 aromatic heterocycles. The van der Waals surface area contributed by atoms with Crippen LogP contribution in [0, 0.1) is 0 Å². The molecule has 0 N–H and O–H groups in total. The Hall–Kier alpha value is -1.50. The highest BCUT2D eigenvalue weighted by molar-refractivity contribution is 6.33. The summed E-state index contributed by atoms with van der Waals surface area (Å²) in [7, 11) is 0. The molecule has 0 saturated carbocycles. The van der Waals surface area contributed by atoms with Crippen molar-refractivity contribution in [1.29, 1.82) is 0 Å². The predicted molar refractivity (Wildman–Crippen MR) is 92.7 cm³/mol. The van der Waals surface area contributed by atoms with E-state index in [4.69, 9.17) is 23.2 Å². The molecule has 1 aliphatic rings. The van der Waals surface area contributed by atoms with E-state index in [0.717, 1.165) is 27.6 Å². The van der Waals surface area contributed by atoms with Crippen molar-refractivity contribution in [3.05, 3.63) is 80.8 Å². The number of allylic oxidation sites excluding steroid dienone is 4. The zero-order valence-corrected chi connectivity index (χ0v) is 13.6. The first kappa shape index (κ1) is 14.4. The Bertz CT molecular complexity index is 701. The molecular weight excluding hydrogens is 299 g/mol. The summed E-state index contributed by atoms with van der Waals surface area (Å²) < 4.78 is 0. The fourth-order valence-corrected chi connectivity index (χ4v) is 3.40. The van der Waals surface area contributed by atoms with E-state index >= 15 is 0 Å². The lowest BCUT2D eigenvalue weighted by Crippen LogP contribution is -1.87. The molecule has 0 nitrogen and oxygen atoms in total. The van der Waals surface area contributed by atoms with Crippen LogP contribution >= 0.6 is 23.2 Å². The second kappa shape index (κ2) is 5.71. The van der Waals surface area contributed by atoms with Gasteiger partial charge < -0.3 is 0 Å². The third-order valence-corrected chi connectivity index (χ3v) is 4.88. The van der Waals surface area contributed by atoms with Gasteiger partial charge in [0.25, 0.3) is 0 Å². The van der Waals surface area contributed by atoms with Crippen LogP contribution in [0.15, 0.2) is 59.7 Å². The van der Waals surface area contributed by atoms with E-state index in [2.05, 4.69) is 26.0 Å². The molecule has 0 heterocycles. The van der Waals surface area contributed by atoms with Gasteiger partial charge in [0.2, 0.25) is 0 Å². The summed E-state index contributed by atoms with van der Waals surface area (Å²) in [4.78, 5) is 0. The van der Waals surface area contributed by atoms with E-state index in [0.29, 0.717) is 0 Å². The van der Waals surface area contributed by atoms with E-state index in [1.165, 1.54) is 22.3 Å². The van der Waals surface area contributed by atoms with Crippen molar-refractivity contribution in [1.82, 2.24) is 0 Å². The summed E-state index contributed by atoms with van der Waals surface area (Å²) in [6.07, 6.45) is 0.880. The standard InChI is InChI=1S/C19H16Cl2/c1-12-13(2)17(15-8-4-6-10-19(15)21)11-16(12)14-7-3-5-9-18(14)20/h3-10H,11H2,1-2H3. The smallest absolute Gasteiger partial charge is 0.0481 e. The summed E-state index contributed by atoms with van der Waals surface area (Å²) in [5.41, 5.74) is 7.45. The number of benzene rings is 2. The summed E-state index contributed by atoms with van der Waals surface area (Å²) >= 11 is 12.7. The Morgan fingerprint density at radius 2 is 1.05 bits per heavy atom. The second-order valence-electron chi connectivity index (χ2n) is 5.34. The average molecular weight is 315 g/mol. The van der Waals surface area contributed by atoms with Crippen LogP contribution in [0.1, 0.15) is 31.4 Å². The van der Waals surface area contributed by atoms with Gasteiger partial charge in [0, 0.05) is 10.0 Å². The van der Waals surface area contributed by atoms with E-state index in [9.17, 15) is 0 Å². The Balaban J connectivity index is 2.05. The molecule has 0 bridgehead atoms. The lowest BCUT2D eigenvalue weighted by molar-refractivity contribution is 1.38. The van der Waals surface area contributed by atoms with E-state index in [-0.39, 0.29) is 0 Å². The molecule has 1 aliphatic carbocycles. The minimum absolute atomic E-state index is 0.806. The molecule has 0 spiro atoms. The second-order valence-corrected chi connectivity index (χ2v) is 6.16. The van der Waals surface area contributed by atoms with Crippen molar-refractivity contribution in [2.75, 3.05) is 0 Å². The predicted octanol–water partition coefficient (Wildman–Crippen LogP) is 6.64. The van der Waals surface area contributed by atoms with Crippen molar-refractivity contribution < 1.29 is 0 Å². The van der Waals surface area contributed by atoms with Gasteiger partial charge in [-0.15, -0.1) is 0 Å². The Morgan fingerprint density at radius 1 is 0.667 bits per heavy atom. The average Bonchev–Trinajstić information content (AvgIpc) is 2.77. The van der Waals surface area contributed by atoms with Gasteiger partial charge in [0.15, 0.2) is 0 Å². The van der Waals surface area contributed by atoms with Crippen LogP contribution in [0.5, 0.6) is 0 Å². The van der Waals surface area contributed by atoms with E-state index in [1.54, 1.807) is 0 Å². The molecule has 0 aliphatic heterocycles. The topological polar surface area (TPSA) is 0 Å². The van der Waals surface area contributed by atoms with Crippen LogP contribution in [0.4, 0.5) is 0 Å². The Kier molecular flexibility index (Phi) is 3.93. The quantitative estimate of drug-likeness (QED) is 0.582. The Morgan fingerprint density at radius 3 is 1.43 bits per heavy atom. The molecule has 0 atom stereocenters. The molecule has 21 heavy (non-hydrogen) atoms. The minimum atomic E-state index is 0.806. The third kappa shape index (κ3) is 2.54. The van der Waals surface area contributed by atoms with Gasteiger partial charge in [-0.2, -0.15) is 0 Å². The Labute approximate surface area is 135 Å². The number of hydrogen-bond donors (Lipinski definition) is 0. The summed E-state index contributed by atoms with van der Waals surface area (Å²) in [6.45, 7) is 4.33. The lowest BCUT2D eigenvalue weighted by Gasteiger charge is -2.09. The van der Waals surface area contributed by atoms with Gasteiger partial charge in [0.1, 0.15) is 0 Å². The maximum atomic E-state index is 6.36. The monoisotopic (exact) mass is 314 g/mol. The molecule has 3 rings (SSSR count). The highest BCUT2D eigenvalue weighted by Gasteiger charge is 2.23. The third-order valence-electron chi connectivity index (χ3n) is 4.22. The number of rotatable bonds is 2. The van der Waals surface area contributed by atoms with Gasteiger partial charge in [-0.1, -0.05) is 59.6 Å². The molecule has 2 aromatic rings. The molecule has 0 amide bonds. The first-order valence-electron chi connectivity index (χ1n) is 6.99. The zero-order chi connectivity index (χ0) is 15.0. The fourth-order valence-electron chi connectivity index (χ4n) is 2.90. The van der Waals surface area contributed by atoms with Crippen molar-refractivity contribution in [3.8, 4) is 0 Å². The molecule has 0 unspecified atom stereocenters. The SMILES string of the molecule is CC1=C(c2ccccc2Cl)CC(c2ccccc2Cl)=C1C. The maximum absolute atomic E-state index is 6.36. The van der Waals surface area contributed by atoms with Crippen LogP contribution in [-0.4, -0.2) is 0 Å². The zero-order valence-electron chi connectivity index (χ0n) is 12.1. The normalized spacial score (nSPS) is 15.0.